The Hall–Kier alpha value is -4.52. The molecule has 1 aromatic heterocycles. The molecular formula is C30H27N3O4. The van der Waals surface area contributed by atoms with Gasteiger partial charge in [0.05, 0.1) is 18.5 Å². The molecule has 0 saturated carbocycles. The van der Waals surface area contributed by atoms with Gasteiger partial charge in [-0.3, -0.25) is 4.79 Å². The number of carbonyl (C=O) groups is 1. The highest BCUT2D eigenvalue weighted by molar-refractivity contribution is 6.02. The Kier molecular flexibility index (Phi) is 5.48. The van der Waals surface area contributed by atoms with Crippen molar-refractivity contribution >= 4 is 11.6 Å². The second kappa shape index (κ2) is 8.85. The van der Waals surface area contributed by atoms with Gasteiger partial charge >= 0.3 is 0 Å². The molecule has 0 spiro atoms. The van der Waals surface area contributed by atoms with Crippen LogP contribution in [0.5, 0.6) is 17.2 Å². The zero-order valence-corrected chi connectivity index (χ0v) is 20.6. The number of hydrogen-bond acceptors (Lipinski definition) is 6. The van der Waals surface area contributed by atoms with Gasteiger partial charge in [0.2, 0.25) is 0 Å². The average Bonchev–Trinajstić information content (AvgIpc) is 3.24. The maximum Gasteiger partial charge on any atom is 0.162 e. The van der Waals surface area contributed by atoms with Crippen LogP contribution < -0.4 is 10.1 Å². The lowest BCUT2D eigenvalue weighted by Gasteiger charge is -2.36. The first-order chi connectivity index (χ1) is 17.9. The number of benzene rings is 3. The SMILES string of the molecule is COc1cc(C2C3=C(CC(c4ccc(O)cc4)CC3=O)Nc3c2c(C)nn3-c2ccccc2)ccc1O. The first kappa shape index (κ1) is 22.9. The van der Waals surface area contributed by atoms with Crippen molar-refractivity contribution in [2.45, 2.75) is 31.6 Å². The van der Waals surface area contributed by atoms with E-state index in [4.69, 9.17) is 9.84 Å². The molecule has 2 aliphatic rings. The number of para-hydroxylation sites is 1. The third-order valence-corrected chi connectivity index (χ3v) is 7.36. The van der Waals surface area contributed by atoms with Gasteiger partial charge in [-0.1, -0.05) is 36.4 Å². The van der Waals surface area contributed by atoms with E-state index in [9.17, 15) is 15.0 Å². The number of nitrogens with one attached hydrogen (secondary N) is 1. The number of ether oxygens (including phenoxy) is 1. The molecule has 6 rings (SSSR count). The number of ketones is 1. The van der Waals surface area contributed by atoms with Gasteiger partial charge < -0.3 is 20.3 Å². The molecule has 0 fully saturated rings. The van der Waals surface area contributed by atoms with E-state index >= 15 is 0 Å². The Bertz CT molecular complexity index is 1540. The van der Waals surface area contributed by atoms with E-state index in [0.29, 0.717) is 18.6 Å². The minimum atomic E-state index is -0.355. The van der Waals surface area contributed by atoms with Gasteiger partial charge in [-0.25, -0.2) is 4.68 Å². The Morgan fingerprint density at radius 1 is 0.973 bits per heavy atom. The maximum atomic E-state index is 13.8. The molecule has 2 atom stereocenters. The monoisotopic (exact) mass is 493 g/mol. The summed E-state index contributed by atoms with van der Waals surface area (Å²) in [7, 11) is 1.52. The first-order valence-electron chi connectivity index (χ1n) is 12.3. The second-order valence-corrected chi connectivity index (χ2v) is 9.60. The number of aromatic nitrogens is 2. The Morgan fingerprint density at radius 3 is 2.43 bits per heavy atom. The molecule has 186 valence electrons. The number of phenolic OH excluding ortho intramolecular Hbond substituents is 2. The maximum absolute atomic E-state index is 13.8. The van der Waals surface area contributed by atoms with Gasteiger partial charge in [-0.2, -0.15) is 5.10 Å². The fourth-order valence-electron chi connectivity index (χ4n) is 5.62. The predicted molar refractivity (Wildman–Crippen MR) is 141 cm³/mol. The number of Topliss-reactive ketones (excluding diaryl/α,β-unsaturated/α-hetero) is 1. The lowest BCUT2D eigenvalue weighted by atomic mass is 9.72. The third-order valence-electron chi connectivity index (χ3n) is 7.36. The minimum Gasteiger partial charge on any atom is -0.508 e. The largest absolute Gasteiger partial charge is 0.508 e. The van der Waals surface area contributed by atoms with Gasteiger partial charge in [-0.05, 0) is 66.8 Å². The van der Waals surface area contributed by atoms with E-state index in [1.807, 2.05) is 60.1 Å². The number of nitrogens with zero attached hydrogens (tertiary/aromatic N) is 2. The molecular weight excluding hydrogens is 466 g/mol. The van der Waals surface area contributed by atoms with Gasteiger partial charge in [0, 0.05) is 29.2 Å². The van der Waals surface area contributed by atoms with Crippen LogP contribution in [-0.4, -0.2) is 32.9 Å². The molecule has 1 aliphatic carbocycles. The average molecular weight is 494 g/mol. The zero-order chi connectivity index (χ0) is 25.7. The van der Waals surface area contributed by atoms with Gasteiger partial charge in [0.1, 0.15) is 11.6 Å². The summed E-state index contributed by atoms with van der Waals surface area (Å²) >= 11 is 0. The number of methoxy groups -OCH3 is 1. The summed E-state index contributed by atoms with van der Waals surface area (Å²) in [5.41, 5.74) is 6.15. The van der Waals surface area contributed by atoms with E-state index in [1.54, 1.807) is 24.3 Å². The molecule has 1 aliphatic heterocycles. The van der Waals surface area contributed by atoms with Crippen LogP contribution in [0.2, 0.25) is 0 Å². The van der Waals surface area contributed by atoms with E-state index < -0.39 is 0 Å². The van der Waals surface area contributed by atoms with E-state index in [0.717, 1.165) is 45.2 Å². The number of aryl methyl sites for hydroxylation is 1. The number of carbonyl (C=O) groups excluding carboxylic acids is 1. The smallest absolute Gasteiger partial charge is 0.162 e. The van der Waals surface area contributed by atoms with E-state index in [1.165, 1.54) is 7.11 Å². The molecule has 0 radical (unpaired) electrons. The minimum absolute atomic E-state index is 0.00917. The Labute approximate surface area is 214 Å². The number of allylic oxidation sites excluding steroid dienone is 2. The summed E-state index contributed by atoms with van der Waals surface area (Å²) in [6.45, 7) is 1.96. The Morgan fingerprint density at radius 2 is 1.70 bits per heavy atom. The topological polar surface area (TPSA) is 96.6 Å². The van der Waals surface area contributed by atoms with Crippen molar-refractivity contribution < 1.29 is 19.7 Å². The fourth-order valence-corrected chi connectivity index (χ4v) is 5.62. The van der Waals surface area contributed by atoms with Crippen LogP contribution >= 0.6 is 0 Å². The standard InChI is InChI=1S/C30H27N3O4/c1-17-27-28(19-10-13-24(35)26(16-19)37-2)29-23(31-30(27)33(32-17)21-6-4-3-5-7-21)14-20(15-25(29)36)18-8-11-22(34)12-9-18/h3-13,16,20,28,31,34-35H,14-15H2,1-2H3. The first-order valence-corrected chi connectivity index (χ1v) is 12.3. The Balaban J connectivity index is 1.53. The molecule has 3 aromatic carbocycles. The number of hydrogen-bond donors (Lipinski definition) is 3. The number of aromatic hydroxyl groups is 2. The van der Waals surface area contributed by atoms with Crippen molar-refractivity contribution in [1.29, 1.82) is 0 Å². The normalized spacial score (nSPS) is 18.7. The molecule has 0 amide bonds. The van der Waals surface area contributed by atoms with Crippen LogP contribution in [0.4, 0.5) is 5.82 Å². The van der Waals surface area contributed by atoms with Gasteiger partial charge in [-0.15, -0.1) is 0 Å². The van der Waals surface area contributed by atoms with E-state index in [-0.39, 0.29) is 29.1 Å². The van der Waals surface area contributed by atoms with Crippen LogP contribution in [-0.2, 0) is 4.79 Å². The predicted octanol–water partition coefficient (Wildman–Crippen LogP) is 5.56. The highest BCUT2D eigenvalue weighted by Crippen LogP contribution is 2.50. The lowest BCUT2D eigenvalue weighted by Crippen LogP contribution is -2.30. The van der Waals surface area contributed by atoms with Crippen LogP contribution in [0.15, 0.2) is 84.1 Å². The zero-order valence-electron chi connectivity index (χ0n) is 20.6. The molecule has 3 N–H and O–H groups in total. The summed E-state index contributed by atoms with van der Waals surface area (Å²) in [6.07, 6.45) is 1.02. The van der Waals surface area contributed by atoms with Crippen molar-refractivity contribution in [3.8, 4) is 22.9 Å². The summed E-state index contributed by atoms with van der Waals surface area (Å²) in [5.74, 6) is 1.15. The van der Waals surface area contributed by atoms with Gasteiger partial charge in [0.15, 0.2) is 17.3 Å². The molecule has 2 heterocycles. The molecule has 4 aromatic rings. The third kappa shape index (κ3) is 3.83. The quantitative estimate of drug-likeness (QED) is 0.345. The van der Waals surface area contributed by atoms with Crippen molar-refractivity contribution in [1.82, 2.24) is 9.78 Å². The second-order valence-electron chi connectivity index (χ2n) is 9.60. The highest BCUT2D eigenvalue weighted by Gasteiger charge is 2.41. The molecule has 0 bridgehead atoms. The highest BCUT2D eigenvalue weighted by atomic mass is 16.5. The van der Waals surface area contributed by atoms with Crippen molar-refractivity contribution in [3.63, 3.8) is 0 Å². The summed E-state index contributed by atoms with van der Waals surface area (Å²) in [5, 5.41) is 28.5. The number of phenols is 2. The van der Waals surface area contributed by atoms with Crippen molar-refractivity contribution in [2.24, 2.45) is 0 Å². The van der Waals surface area contributed by atoms with Crippen LogP contribution in [0, 0.1) is 6.92 Å². The molecule has 7 nitrogen and oxygen atoms in total. The summed E-state index contributed by atoms with van der Waals surface area (Å²) in [4.78, 5) is 13.8. The van der Waals surface area contributed by atoms with Crippen molar-refractivity contribution in [2.75, 3.05) is 12.4 Å². The van der Waals surface area contributed by atoms with Crippen LogP contribution in [0.3, 0.4) is 0 Å². The van der Waals surface area contributed by atoms with Crippen molar-refractivity contribution in [3.05, 3.63) is 106 Å². The summed E-state index contributed by atoms with van der Waals surface area (Å²) in [6, 6.07) is 22.3. The molecule has 7 heteroatoms. The summed E-state index contributed by atoms with van der Waals surface area (Å²) < 4.78 is 7.31. The lowest BCUT2D eigenvalue weighted by molar-refractivity contribution is -0.116. The molecule has 0 saturated heterocycles. The van der Waals surface area contributed by atoms with Crippen LogP contribution in [0.1, 0.15) is 47.1 Å². The van der Waals surface area contributed by atoms with Crippen LogP contribution in [0.25, 0.3) is 5.69 Å². The number of anilines is 1. The molecule has 2 unspecified atom stereocenters. The number of fused-ring (bicyclic) bond motifs is 1. The molecule has 37 heavy (non-hydrogen) atoms. The fraction of sp³-hybridized carbons (Fsp3) is 0.200. The van der Waals surface area contributed by atoms with E-state index in [2.05, 4.69) is 5.32 Å². The number of rotatable bonds is 4. The van der Waals surface area contributed by atoms with Gasteiger partial charge in [0.25, 0.3) is 0 Å².